The smallest absolute Gasteiger partial charge is 0.241 e. The Morgan fingerprint density at radius 1 is 1.29 bits per heavy atom. The molecule has 3 heteroatoms. The van der Waals surface area contributed by atoms with Gasteiger partial charge < -0.3 is 10.2 Å². The summed E-state index contributed by atoms with van der Waals surface area (Å²) in [5, 5.41) is 3.20. The van der Waals surface area contributed by atoms with Gasteiger partial charge in [0.1, 0.15) is 0 Å². The number of hydrogen-bond acceptors (Lipinski definition) is 2. The van der Waals surface area contributed by atoms with E-state index in [9.17, 15) is 4.79 Å². The Morgan fingerprint density at radius 2 is 1.88 bits per heavy atom. The van der Waals surface area contributed by atoms with Crippen LogP contribution in [0.2, 0.25) is 0 Å². The number of nitrogens with one attached hydrogen (secondary N) is 1. The number of aryl methyl sites for hydroxylation is 2. The largest absolute Gasteiger partial charge is 0.376 e. The minimum atomic E-state index is 0.173. The molecular weight excluding hydrogens is 212 g/mol. The third-order valence-electron chi connectivity index (χ3n) is 3.15. The van der Waals surface area contributed by atoms with Gasteiger partial charge in [-0.15, -0.1) is 0 Å². The van der Waals surface area contributed by atoms with E-state index in [2.05, 4.69) is 37.4 Å². The maximum Gasteiger partial charge on any atom is 0.241 e. The molecule has 1 amide bonds. The summed E-state index contributed by atoms with van der Waals surface area (Å²) in [5.41, 5.74) is 3.46. The zero-order chi connectivity index (χ0) is 12.4. The van der Waals surface area contributed by atoms with Crippen molar-refractivity contribution in [1.82, 2.24) is 4.90 Å². The van der Waals surface area contributed by atoms with Crippen molar-refractivity contribution in [2.75, 3.05) is 18.9 Å². The lowest BCUT2D eigenvalue weighted by atomic mass is 10.1. The lowest BCUT2D eigenvalue weighted by Gasteiger charge is -2.17. The summed E-state index contributed by atoms with van der Waals surface area (Å²) in [7, 11) is 1.89. The molecule has 0 atom stereocenters. The second-order valence-corrected chi connectivity index (χ2v) is 4.97. The van der Waals surface area contributed by atoms with Crippen molar-refractivity contribution in [3.63, 3.8) is 0 Å². The summed E-state index contributed by atoms with van der Waals surface area (Å²) in [4.78, 5) is 13.7. The van der Waals surface area contributed by atoms with Crippen LogP contribution in [0.15, 0.2) is 18.2 Å². The molecule has 0 unspecified atom stereocenters. The number of amides is 1. The van der Waals surface area contributed by atoms with E-state index in [-0.39, 0.29) is 5.91 Å². The molecule has 1 saturated carbocycles. The molecule has 0 aliphatic heterocycles. The van der Waals surface area contributed by atoms with E-state index in [1.807, 2.05) is 11.9 Å². The van der Waals surface area contributed by atoms with Gasteiger partial charge in [-0.05, 0) is 49.9 Å². The molecule has 1 N–H and O–H groups in total. The normalized spacial score (nSPS) is 14.5. The Balaban J connectivity index is 1.90. The van der Waals surface area contributed by atoms with Crippen molar-refractivity contribution < 1.29 is 4.79 Å². The second-order valence-electron chi connectivity index (χ2n) is 4.97. The summed E-state index contributed by atoms with van der Waals surface area (Å²) < 4.78 is 0. The molecule has 1 aliphatic carbocycles. The Bertz CT molecular complexity index is 404. The first-order valence-electron chi connectivity index (χ1n) is 6.14. The molecule has 0 heterocycles. The fourth-order valence-corrected chi connectivity index (χ4v) is 2.04. The van der Waals surface area contributed by atoms with Gasteiger partial charge in [0.2, 0.25) is 5.91 Å². The Hall–Kier alpha value is -1.51. The van der Waals surface area contributed by atoms with Crippen LogP contribution in [0.4, 0.5) is 5.69 Å². The summed E-state index contributed by atoms with van der Waals surface area (Å²) in [6.45, 7) is 4.52. The summed E-state index contributed by atoms with van der Waals surface area (Å²) in [5.74, 6) is 0.173. The minimum Gasteiger partial charge on any atom is -0.376 e. The van der Waals surface area contributed by atoms with Crippen LogP contribution in [-0.2, 0) is 4.79 Å². The zero-order valence-electron chi connectivity index (χ0n) is 10.8. The van der Waals surface area contributed by atoms with E-state index >= 15 is 0 Å². The van der Waals surface area contributed by atoms with Crippen molar-refractivity contribution in [3.8, 4) is 0 Å². The van der Waals surface area contributed by atoms with Crippen molar-refractivity contribution in [1.29, 1.82) is 0 Å². The molecule has 92 valence electrons. The Labute approximate surface area is 103 Å². The van der Waals surface area contributed by atoms with Gasteiger partial charge in [0.15, 0.2) is 0 Å². The van der Waals surface area contributed by atoms with Crippen LogP contribution in [-0.4, -0.2) is 30.4 Å². The second kappa shape index (κ2) is 4.78. The zero-order valence-corrected chi connectivity index (χ0v) is 10.8. The van der Waals surface area contributed by atoms with Gasteiger partial charge in [0, 0.05) is 18.8 Å². The van der Waals surface area contributed by atoms with Gasteiger partial charge in [-0.3, -0.25) is 4.79 Å². The molecule has 1 aromatic carbocycles. The van der Waals surface area contributed by atoms with E-state index in [0.717, 1.165) is 18.5 Å². The van der Waals surface area contributed by atoms with Crippen LogP contribution in [0.5, 0.6) is 0 Å². The third kappa shape index (κ3) is 3.22. The van der Waals surface area contributed by atoms with Crippen molar-refractivity contribution >= 4 is 11.6 Å². The van der Waals surface area contributed by atoms with Crippen LogP contribution < -0.4 is 5.32 Å². The summed E-state index contributed by atoms with van der Waals surface area (Å²) in [6.07, 6.45) is 2.32. The van der Waals surface area contributed by atoms with Crippen LogP contribution in [0.25, 0.3) is 0 Å². The van der Waals surface area contributed by atoms with Gasteiger partial charge in [-0.1, -0.05) is 6.07 Å². The van der Waals surface area contributed by atoms with Gasteiger partial charge in [-0.2, -0.15) is 0 Å². The highest BCUT2D eigenvalue weighted by atomic mass is 16.2. The van der Waals surface area contributed by atoms with Crippen LogP contribution in [0, 0.1) is 13.8 Å². The van der Waals surface area contributed by atoms with E-state index < -0.39 is 0 Å². The molecule has 2 rings (SSSR count). The highest BCUT2D eigenvalue weighted by Crippen LogP contribution is 2.25. The average Bonchev–Trinajstić information content (AvgIpc) is 3.07. The molecule has 0 saturated heterocycles. The summed E-state index contributed by atoms with van der Waals surface area (Å²) in [6, 6.07) is 6.75. The number of likely N-dealkylation sites (N-methyl/N-ethyl adjacent to an activating group) is 1. The SMILES string of the molecule is Cc1cc(C)cc(NCC(=O)N(C)C2CC2)c1. The standard InChI is InChI=1S/C14H20N2O/c1-10-6-11(2)8-12(7-10)15-9-14(17)16(3)13-4-5-13/h6-8,13,15H,4-5,9H2,1-3H3. The number of anilines is 1. The van der Waals surface area contributed by atoms with Crippen LogP contribution >= 0.6 is 0 Å². The van der Waals surface area contributed by atoms with E-state index in [1.165, 1.54) is 11.1 Å². The molecular formula is C14H20N2O. The number of benzene rings is 1. The first kappa shape index (κ1) is 12.0. The number of hydrogen-bond donors (Lipinski definition) is 1. The third-order valence-corrected chi connectivity index (χ3v) is 3.15. The van der Waals surface area contributed by atoms with Crippen molar-refractivity contribution in [3.05, 3.63) is 29.3 Å². The quantitative estimate of drug-likeness (QED) is 0.864. The maximum atomic E-state index is 11.8. The molecule has 0 spiro atoms. The van der Waals surface area contributed by atoms with Crippen LogP contribution in [0.3, 0.4) is 0 Å². The maximum absolute atomic E-state index is 11.8. The Kier molecular flexibility index (Phi) is 3.36. The monoisotopic (exact) mass is 232 g/mol. The van der Waals surface area contributed by atoms with Gasteiger partial charge >= 0.3 is 0 Å². The highest BCUT2D eigenvalue weighted by molar-refractivity contribution is 5.81. The number of rotatable bonds is 4. The van der Waals surface area contributed by atoms with Gasteiger partial charge in [0.25, 0.3) is 0 Å². The molecule has 0 bridgehead atoms. The highest BCUT2D eigenvalue weighted by Gasteiger charge is 2.29. The number of carbonyl (C=O) groups is 1. The van der Waals surface area contributed by atoms with Gasteiger partial charge in [-0.25, -0.2) is 0 Å². The van der Waals surface area contributed by atoms with E-state index in [1.54, 1.807) is 0 Å². The lowest BCUT2D eigenvalue weighted by Crippen LogP contribution is -2.33. The minimum absolute atomic E-state index is 0.173. The predicted molar refractivity (Wildman–Crippen MR) is 70.2 cm³/mol. The fraction of sp³-hybridized carbons (Fsp3) is 0.500. The fourth-order valence-electron chi connectivity index (χ4n) is 2.04. The van der Waals surface area contributed by atoms with Crippen LogP contribution in [0.1, 0.15) is 24.0 Å². The van der Waals surface area contributed by atoms with Crippen molar-refractivity contribution in [2.24, 2.45) is 0 Å². The molecule has 1 fully saturated rings. The number of carbonyl (C=O) groups excluding carboxylic acids is 1. The van der Waals surface area contributed by atoms with E-state index in [0.29, 0.717) is 12.6 Å². The number of nitrogens with zero attached hydrogens (tertiary/aromatic N) is 1. The molecule has 0 aromatic heterocycles. The molecule has 3 nitrogen and oxygen atoms in total. The molecule has 1 aliphatic rings. The van der Waals surface area contributed by atoms with Crippen molar-refractivity contribution in [2.45, 2.75) is 32.7 Å². The predicted octanol–water partition coefficient (Wildman–Crippen LogP) is 2.34. The molecule has 0 radical (unpaired) electrons. The average molecular weight is 232 g/mol. The first-order valence-corrected chi connectivity index (χ1v) is 6.14. The Morgan fingerprint density at radius 3 is 2.41 bits per heavy atom. The summed E-state index contributed by atoms with van der Waals surface area (Å²) >= 11 is 0. The lowest BCUT2D eigenvalue weighted by molar-refractivity contribution is -0.128. The molecule has 1 aromatic rings. The first-order chi connectivity index (χ1) is 8.06. The van der Waals surface area contributed by atoms with Gasteiger partial charge in [0.05, 0.1) is 6.54 Å². The molecule has 17 heavy (non-hydrogen) atoms. The topological polar surface area (TPSA) is 32.3 Å². The van der Waals surface area contributed by atoms with E-state index in [4.69, 9.17) is 0 Å².